The molecule has 0 radical (unpaired) electrons. The number of hydrogen-bond acceptors (Lipinski definition) is 5. The molecule has 1 aliphatic rings. The lowest BCUT2D eigenvalue weighted by Crippen LogP contribution is -2.40. The highest BCUT2D eigenvalue weighted by Crippen LogP contribution is 2.20. The normalized spacial score (nSPS) is 15.2. The number of nitrogens with one attached hydrogen (secondary N) is 1. The summed E-state index contributed by atoms with van der Waals surface area (Å²) >= 11 is 0. The monoisotopic (exact) mass is 404 g/mol. The van der Waals surface area contributed by atoms with Gasteiger partial charge in [0, 0.05) is 18.7 Å². The molecular formula is C20H24N2O5S. The minimum atomic E-state index is -3.65. The molecule has 0 aliphatic carbocycles. The van der Waals surface area contributed by atoms with E-state index in [2.05, 4.69) is 5.32 Å². The van der Waals surface area contributed by atoms with E-state index in [0.717, 1.165) is 5.75 Å². The molecule has 8 heteroatoms. The molecule has 7 nitrogen and oxygen atoms in total. The molecule has 1 aliphatic heterocycles. The molecule has 1 fully saturated rings. The number of benzene rings is 2. The van der Waals surface area contributed by atoms with E-state index in [-0.39, 0.29) is 10.8 Å². The Morgan fingerprint density at radius 2 is 1.86 bits per heavy atom. The van der Waals surface area contributed by atoms with E-state index in [9.17, 15) is 13.2 Å². The largest absolute Gasteiger partial charge is 0.492 e. The van der Waals surface area contributed by atoms with E-state index < -0.39 is 10.0 Å². The van der Waals surface area contributed by atoms with Gasteiger partial charge in [0.05, 0.1) is 24.7 Å². The first-order valence-corrected chi connectivity index (χ1v) is 10.6. The van der Waals surface area contributed by atoms with Crippen LogP contribution in [-0.4, -0.2) is 58.1 Å². The minimum Gasteiger partial charge on any atom is -0.492 e. The van der Waals surface area contributed by atoms with Crippen molar-refractivity contribution in [1.82, 2.24) is 9.62 Å². The summed E-state index contributed by atoms with van der Waals surface area (Å²) in [4.78, 5) is 12.7. The van der Waals surface area contributed by atoms with Crippen LogP contribution in [0.25, 0.3) is 0 Å². The number of carbonyl (C=O) groups is 1. The molecule has 1 saturated heterocycles. The summed E-state index contributed by atoms with van der Waals surface area (Å²) in [7, 11) is -3.65. The number of morpholine rings is 1. The number of para-hydroxylation sites is 1. The predicted octanol–water partition coefficient (Wildman–Crippen LogP) is 1.82. The Kier molecular flexibility index (Phi) is 6.66. The minimum absolute atomic E-state index is 0.116. The van der Waals surface area contributed by atoms with Gasteiger partial charge in [0.25, 0.3) is 5.91 Å². The second kappa shape index (κ2) is 9.18. The van der Waals surface area contributed by atoms with E-state index in [4.69, 9.17) is 9.47 Å². The van der Waals surface area contributed by atoms with Crippen molar-refractivity contribution in [2.45, 2.75) is 11.8 Å². The maximum Gasteiger partial charge on any atom is 0.251 e. The van der Waals surface area contributed by atoms with Gasteiger partial charge in [-0.05, 0) is 36.8 Å². The first kappa shape index (κ1) is 20.3. The highest BCUT2D eigenvalue weighted by molar-refractivity contribution is 7.89. The van der Waals surface area contributed by atoms with E-state index >= 15 is 0 Å². The van der Waals surface area contributed by atoms with Gasteiger partial charge in [0.1, 0.15) is 12.4 Å². The van der Waals surface area contributed by atoms with Crippen molar-refractivity contribution in [2.75, 3.05) is 39.5 Å². The van der Waals surface area contributed by atoms with Crippen molar-refractivity contribution in [3.8, 4) is 5.75 Å². The SMILES string of the molecule is Cc1ccc(S(=O)(=O)N2CCOCC2)cc1C(=O)NCCOc1ccccc1. The summed E-state index contributed by atoms with van der Waals surface area (Å²) in [5.41, 5.74) is 1.05. The summed E-state index contributed by atoms with van der Waals surface area (Å²) in [6.07, 6.45) is 0. The van der Waals surface area contributed by atoms with Gasteiger partial charge in [-0.25, -0.2) is 8.42 Å². The smallest absolute Gasteiger partial charge is 0.251 e. The van der Waals surface area contributed by atoms with Gasteiger partial charge >= 0.3 is 0 Å². The van der Waals surface area contributed by atoms with Crippen molar-refractivity contribution in [3.63, 3.8) is 0 Å². The summed E-state index contributed by atoms with van der Waals surface area (Å²) in [5, 5.41) is 2.78. The summed E-state index contributed by atoms with van der Waals surface area (Å²) < 4.78 is 37.8. The first-order chi connectivity index (χ1) is 13.5. The average molecular weight is 404 g/mol. The van der Waals surface area contributed by atoms with Crippen molar-refractivity contribution in [2.24, 2.45) is 0 Å². The van der Waals surface area contributed by atoms with Gasteiger partial charge in [-0.2, -0.15) is 4.31 Å². The van der Waals surface area contributed by atoms with Gasteiger partial charge in [0.2, 0.25) is 10.0 Å². The van der Waals surface area contributed by atoms with Gasteiger partial charge in [0.15, 0.2) is 0 Å². The first-order valence-electron chi connectivity index (χ1n) is 9.13. The highest BCUT2D eigenvalue weighted by Gasteiger charge is 2.27. The molecule has 28 heavy (non-hydrogen) atoms. The zero-order chi connectivity index (χ0) is 20.0. The molecule has 1 heterocycles. The van der Waals surface area contributed by atoms with E-state index in [1.807, 2.05) is 30.3 Å². The Hall–Kier alpha value is -2.42. The lowest BCUT2D eigenvalue weighted by Gasteiger charge is -2.26. The van der Waals surface area contributed by atoms with Crippen LogP contribution in [0.5, 0.6) is 5.75 Å². The van der Waals surface area contributed by atoms with E-state index in [1.165, 1.54) is 16.4 Å². The van der Waals surface area contributed by atoms with E-state index in [0.29, 0.717) is 50.6 Å². The van der Waals surface area contributed by atoms with Crippen molar-refractivity contribution in [3.05, 3.63) is 59.7 Å². The molecule has 0 aromatic heterocycles. The van der Waals surface area contributed by atoms with Crippen LogP contribution in [0, 0.1) is 6.92 Å². The third-order valence-electron chi connectivity index (χ3n) is 4.46. The lowest BCUT2D eigenvalue weighted by atomic mass is 10.1. The number of nitrogens with zero attached hydrogens (tertiary/aromatic N) is 1. The van der Waals surface area contributed by atoms with Gasteiger partial charge in [-0.3, -0.25) is 4.79 Å². The zero-order valence-electron chi connectivity index (χ0n) is 15.8. The molecule has 3 rings (SSSR count). The molecule has 0 saturated carbocycles. The number of ether oxygens (including phenoxy) is 2. The molecule has 0 spiro atoms. The number of hydrogen-bond donors (Lipinski definition) is 1. The quantitative estimate of drug-likeness (QED) is 0.712. The van der Waals surface area contributed by atoms with Crippen molar-refractivity contribution < 1.29 is 22.7 Å². The second-order valence-electron chi connectivity index (χ2n) is 6.41. The van der Waals surface area contributed by atoms with Crippen LogP contribution in [0.4, 0.5) is 0 Å². The number of amides is 1. The summed E-state index contributed by atoms with van der Waals surface area (Å²) in [6, 6.07) is 14.0. The standard InChI is InChI=1S/C20H24N2O5S/c1-16-7-8-18(28(24,25)22-10-13-26-14-11-22)15-19(16)20(23)21-9-12-27-17-5-3-2-4-6-17/h2-8,15H,9-14H2,1H3,(H,21,23). The third kappa shape index (κ3) is 4.89. The lowest BCUT2D eigenvalue weighted by molar-refractivity contribution is 0.0730. The molecule has 150 valence electrons. The Morgan fingerprint density at radius 3 is 2.57 bits per heavy atom. The Bertz CT molecular complexity index is 909. The molecule has 1 amide bonds. The molecule has 2 aromatic carbocycles. The van der Waals surface area contributed by atoms with Gasteiger partial charge in [-0.15, -0.1) is 0 Å². The van der Waals surface area contributed by atoms with Gasteiger partial charge in [-0.1, -0.05) is 24.3 Å². The zero-order valence-corrected chi connectivity index (χ0v) is 16.6. The maximum atomic E-state index is 12.8. The van der Waals surface area contributed by atoms with Crippen LogP contribution in [0.2, 0.25) is 0 Å². The molecule has 2 aromatic rings. The van der Waals surface area contributed by atoms with E-state index in [1.54, 1.807) is 13.0 Å². The van der Waals surface area contributed by atoms with Crippen LogP contribution in [0.15, 0.2) is 53.4 Å². The maximum absolute atomic E-state index is 12.8. The highest BCUT2D eigenvalue weighted by atomic mass is 32.2. The summed E-state index contributed by atoms with van der Waals surface area (Å²) in [5.74, 6) is 0.403. The molecule has 0 atom stereocenters. The van der Waals surface area contributed by atoms with Crippen LogP contribution < -0.4 is 10.1 Å². The fraction of sp³-hybridized carbons (Fsp3) is 0.350. The molecule has 1 N–H and O–H groups in total. The van der Waals surface area contributed by atoms with Gasteiger partial charge < -0.3 is 14.8 Å². The second-order valence-corrected chi connectivity index (χ2v) is 8.35. The van der Waals surface area contributed by atoms with Crippen LogP contribution in [-0.2, 0) is 14.8 Å². The summed E-state index contributed by atoms with van der Waals surface area (Å²) in [6.45, 7) is 3.79. The van der Waals surface area contributed by atoms with Crippen LogP contribution in [0.3, 0.4) is 0 Å². The molecule has 0 unspecified atom stereocenters. The number of sulfonamides is 1. The number of aryl methyl sites for hydroxylation is 1. The van der Waals surface area contributed by atoms with Crippen LogP contribution in [0.1, 0.15) is 15.9 Å². The Labute approximate surface area is 165 Å². The average Bonchev–Trinajstić information content (AvgIpc) is 2.72. The molecular weight excluding hydrogens is 380 g/mol. The van der Waals surface area contributed by atoms with Crippen molar-refractivity contribution in [1.29, 1.82) is 0 Å². The Balaban J connectivity index is 1.64. The Morgan fingerprint density at radius 1 is 1.14 bits per heavy atom. The number of carbonyl (C=O) groups excluding carboxylic acids is 1. The fourth-order valence-corrected chi connectivity index (χ4v) is 4.32. The van der Waals surface area contributed by atoms with Crippen molar-refractivity contribution >= 4 is 15.9 Å². The van der Waals surface area contributed by atoms with Crippen LogP contribution >= 0.6 is 0 Å². The topological polar surface area (TPSA) is 84.9 Å². The fourth-order valence-electron chi connectivity index (χ4n) is 2.89. The number of rotatable bonds is 7. The predicted molar refractivity (Wildman–Crippen MR) is 105 cm³/mol. The molecule has 0 bridgehead atoms. The third-order valence-corrected chi connectivity index (χ3v) is 6.36.